The molecular weight excluding hydrogens is 366 g/mol. The Balaban J connectivity index is 1.78. The molecule has 4 rings (SSSR count). The Kier molecular flexibility index (Phi) is 3.78. The SMILES string of the molecule is O=C(Nc1cc2ccc(O)c(O)c2[nH]c1=O)c1cc2c(O)cccc2[nH]c1=O. The van der Waals surface area contributed by atoms with Crippen molar-refractivity contribution in [3.05, 3.63) is 68.7 Å². The van der Waals surface area contributed by atoms with E-state index in [0.717, 1.165) is 0 Å². The van der Waals surface area contributed by atoms with Crippen LogP contribution in [0.2, 0.25) is 0 Å². The first kappa shape index (κ1) is 17.2. The van der Waals surface area contributed by atoms with E-state index < -0.39 is 28.5 Å². The zero-order chi connectivity index (χ0) is 20.0. The smallest absolute Gasteiger partial charge is 0.272 e. The van der Waals surface area contributed by atoms with Crippen molar-refractivity contribution in [3.8, 4) is 17.2 Å². The van der Waals surface area contributed by atoms with E-state index in [9.17, 15) is 29.7 Å². The highest BCUT2D eigenvalue weighted by molar-refractivity contribution is 6.06. The molecule has 2 aromatic heterocycles. The number of nitrogens with one attached hydrogen (secondary N) is 3. The average molecular weight is 379 g/mol. The summed E-state index contributed by atoms with van der Waals surface area (Å²) in [4.78, 5) is 41.9. The molecule has 0 saturated carbocycles. The third kappa shape index (κ3) is 2.71. The summed E-state index contributed by atoms with van der Waals surface area (Å²) in [6.07, 6.45) is 0. The molecule has 0 saturated heterocycles. The maximum atomic E-state index is 12.5. The summed E-state index contributed by atoms with van der Waals surface area (Å²) in [7, 11) is 0. The maximum absolute atomic E-state index is 12.5. The monoisotopic (exact) mass is 379 g/mol. The van der Waals surface area contributed by atoms with Gasteiger partial charge >= 0.3 is 0 Å². The minimum Gasteiger partial charge on any atom is -0.507 e. The van der Waals surface area contributed by atoms with Gasteiger partial charge in [-0.3, -0.25) is 14.4 Å². The first-order chi connectivity index (χ1) is 13.3. The van der Waals surface area contributed by atoms with Gasteiger partial charge in [0.15, 0.2) is 11.5 Å². The molecule has 9 heteroatoms. The molecule has 0 unspecified atom stereocenters. The summed E-state index contributed by atoms with van der Waals surface area (Å²) in [5.74, 6) is -1.85. The largest absolute Gasteiger partial charge is 0.507 e. The Morgan fingerprint density at radius 2 is 1.68 bits per heavy atom. The van der Waals surface area contributed by atoms with Crippen LogP contribution in [0.5, 0.6) is 17.2 Å². The van der Waals surface area contributed by atoms with Gasteiger partial charge in [0.1, 0.15) is 17.0 Å². The van der Waals surface area contributed by atoms with Crippen LogP contribution in [0.3, 0.4) is 0 Å². The minimum atomic E-state index is -0.848. The van der Waals surface area contributed by atoms with Gasteiger partial charge in [-0.15, -0.1) is 0 Å². The number of carbonyl (C=O) groups is 1. The number of hydrogen-bond donors (Lipinski definition) is 6. The Morgan fingerprint density at radius 1 is 0.893 bits per heavy atom. The van der Waals surface area contributed by atoms with Crippen molar-refractivity contribution in [1.82, 2.24) is 9.97 Å². The Morgan fingerprint density at radius 3 is 2.46 bits per heavy atom. The molecule has 0 fully saturated rings. The molecular formula is C19H13N3O6. The van der Waals surface area contributed by atoms with E-state index in [1.54, 1.807) is 12.1 Å². The molecule has 0 bridgehead atoms. The fraction of sp³-hybridized carbons (Fsp3) is 0. The van der Waals surface area contributed by atoms with Gasteiger partial charge in [-0.25, -0.2) is 0 Å². The quantitative estimate of drug-likeness (QED) is 0.291. The molecule has 0 spiro atoms. The predicted octanol–water partition coefficient (Wildman–Crippen LogP) is 1.74. The van der Waals surface area contributed by atoms with E-state index in [-0.39, 0.29) is 27.9 Å². The highest BCUT2D eigenvalue weighted by Crippen LogP contribution is 2.32. The van der Waals surface area contributed by atoms with Gasteiger partial charge < -0.3 is 30.6 Å². The zero-order valence-electron chi connectivity index (χ0n) is 14.1. The molecule has 2 aromatic carbocycles. The lowest BCUT2D eigenvalue weighted by Gasteiger charge is -2.08. The number of aromatic hydroxyl groups is 3. The van der Waals surface area contributed by atoms with Crippen molar-refractivity contribution in [3.63, 3.8) is 0 Å². The number of aromatic amines is 2. The highest BCUT2D eigenvalue weighted by Gasteiger charge is 2.16. The number of rotatable bonds is 2. The van der Waals surface area contributed by atoms with Gasteiger partial charge in [0.05, 0.1) is 11.0 Å². The summed E-state index contributed by atoms with van der Waals surface area (Å²) in [5, 5.41) is 32.2. The van der Waals surface area contributed by atoms with E-state index >= 15 is 0 Å². The number of phenols is 3. The zero-order valence-corrected chi connectivity index (χ0v) is 14.1. The van der Waals surface area contributed by atoms with Gasteiger partial charge in [0.2, 0.25) is 0 Å². The normalized spacial score (nSPS) is 11.0. The van der Waals surface area contributed by atoms with Crippen LogP contribution in [-0.4, -0.2) is 31.2 Å². The number of pyridine rings is 2. The first-order valence-corrected chi connectivity index (χ1v) is 8.09. The number of benzene rings is 2. The number of phenolic OH excluding ortho intramolecular Hbond substituents is 3. The van der Waals surface area contributed by atoms with E-state index in [0.29, 0.717) is 10.9 Å². The second-order valence-corrected chi connectivity index (χ2v) is 6.11. The fourth-order valence-electron chi connectivity index (χ4n) is 2.91. The van der Waals surface area contributed by atoms with Gasteiger partial charge in [0, 0.05) is 10.8 Å². The van der Waals surface area contributed by atoms with Crippen LogP contribution in [0, 0.1) is 0 Å². The third-order valence-corrected chi connectivity index (χ3v) is 4.33. The molecule has 0 aliphatic heterocycles. The standard InChI is InChI=1S/C19H13N3O6/c23-13-3-1-2-11-9(13)7-10(17(26)20-11)18(27)21-12-6-8-4-5-14(24)16(25)15(8)22-19(12)28/h1-7,23-25H,(H,20,26)(H,21,27)(H,22,28). The van der Waals surface area contributed by atoms with E-state index in [1.165, 1.54) is 30.3 Å². The summed E-state index contributed by atoms with van der Waals surface area (Å²) >= 11 is 0. The van der Waals surface area contributed by atoms with E-state index in [1.807, 2.05) is 0 Å². The van der Waals surface area contributed by atoms with Crippen LogP contribution in [0.4, 0.5) is 5.69 Å². The number of aromatic nitrogens is 2. The third-order valence-electron chi connectivity index (χ3n) is 4.33. The van der Waals surface area contributed by atoms with Crippen LogP contribution in [-0.2, 0) is 0 Å². The minimum absolute atomic E-state index is 0.0106. The molecule has 9 nitrogen and oxygen atoms in total. The molecule has 0 aliphatic rings. The number of H-pyrrole nitrogens is 2. The summed E-state index contributed by atoms with van der Waals surface area (Å²) in [5.41, 5.74) is -1.49. The predicted molar refractivity (Wildman–Crippen MR) is 102 cm³/mol. The van der Waals surface area contributed by atoms with Gasteiger partial charge in [-0.05, 0) is 36.4 Å². The van der Waals surface area contributed by atoms with Crippen molar-refractivity contribution >= 4 is 33.4 Å². The summed E-state index contributed by atoms with van der Waals surface area (Å²) in [6, 6.07) is 9.76. The van der Waals surface area contributed by atoms with Gasteiger partial charge in [0.25, 0.3) is 17.0 Å². The molecule has 6 N–H and O–H groups in total. The first-order valence-electron chi connectivity index (χ1n) is 8.09. The Bertz CT molecular complexity index is 1390. The fourth-order valence-corrected chi connectivity index (χ4v) is 2.91. The molecule has 0 radical (unpaired) electrons. The second-order valence-electron chi connectivity index (χ2n) is 6.11. The number of amides is 1. The molecule has 2 heterocycles. The topological polar surface area (TPSA) is 156 Å². The molecule has 1 amide bonds. The molecule has 0 atom stereocenters. The number of fused-ring (bicyclic) bond motifs is 2. The van der Waals surface area contributed by atoms with Crippen molar-refractivity contribution < 1.29 is 20.1 Å². The van der Waals surface area contributed by atoms with Gasteiger partial charge in [-0.2, -0.15) is 0 Å². The number of carbonyl (C=O) groups excluding carboxylic acids is 1. The van der Waals surface area contributed by atoms with Crippen molar-refractivity contribution in [1.29, 1.82) is 0 Å². The lowest BCUT2D eigenvalue weighted by molar-refractivity contribution is 0.102. The molecule has 140 valence electrons. The number of hydrogen-bond acceptors (Lipinski definition) is 6. The highest BCUT2D eigenvalue weighted by atomic mass is 16.3. The van der Waals surface area contributed by atoms with E-state index in [2.05, 4.69) is 15.3 Å². The Labute approximate surface area is 155 Å². The number of anilines is 1. The summed E-state index contributed by atoms with van der Waals surface area (Å²) in [6.45, 7) is 0. The lowest BCUT2D eigenvalue weighted by atomic mass is 10.1. The van der Waals surface area contributed by atoms with Crippen LogP contribution >= 0.6 is 0 Å². The van der Waals surface area contributed by atoms with Crippen LogP contribution in [0.1, 0.15) is 10.4 Å². The molecule has 28 heavy (non-hydrogen) atoms. The van der Waals surface area contributed by atoms with Crippen LogP contribution < -0.4 is 16.4 Å². The average Bonchev–Trinajstić information content (AvgIpc) is 2.66. The molecule has 0 aliphatic carbocycles. The van der Waals surface area contributed by atoms with Crippen molar-refractivity contribution in [2.75, 3.05) is 5.32 Å². The lowest BCUT2D eigenvalue weighted by Crippen LogP contribution is -2.26. The molecule has 4 aromatic rings. The van der Waals surface area contributed by atoms with Crippen LogP contribution in [0.15, 0.2) is 52.1 Å². The van der Waals surface area contributed by atoms with Gasteiger partial charge in [-0.1, -0.05) is 6.07 Å². The summed E-state index contributed by atoms with van der Waals surface area (Å²) < 4.78 is 0. The van der Waals surface area contributed by atoms with E-state index in [4.69, 9.17) is 0 Å². The Hall–Kier alpha value is -4.27. The van der Waals surface area contributed by atoms with Crippen molar-refractivity contribution in [2.45, 2.75) is 0 Å². The second kappa shape index (κ2) is 6.16. The van der Waals surface area contributed by atoms with Crippen LogP contribution in [0.25, 0.3) is 21.8 Å². The van der Waals surface area contributed by atoms with Crippen molar-refractivity contribution in [2.24, 2.45) is 0 Å². The maximum Gasteiger partial charge on any atom is 0.272 e.